The number of aromatic nitrogens is 1. The Morgan fingerprint density at radius 2 is 1.79 bits per heavy atom. The van der Waals surface area contributed by atoms with Gasteiger partial charge >= 0.3 is 0 Å². The zero-order chi connectivity index (χ0) is 20.2. The molecule has 29 heavy (non-hydrogen) atoms. The van der Waals surface area contributed by atoms with Crippen LogP contribution in [0.25, 0.3) is 5.57 Å². The van der Waals surface area contributed by atoms with Gasteiger partial charge in [0.25, 0.3) is 5.91 Å². The van der Waals surface area contributed by atoms with Gasteiger partial charge < -0.3 is 10.1 Å². The second-order valence-electron chi connectivity index (χ2n) is 6.53. The van der Waals surface area contributed by atoms with E-state index in [0.717, 1.165) is 22.6 Å². The lowest BCUT2D eigenvalue weighted by Crippen LogP contribution is -2.30. The van der Waals surface area contributed by atoms with E-state index in [-0.39, 0.29) is 5.91 Å². The first-order chi connectivity index (χ1) is 14.2. The van der Waals surface area contributed by atoms with Crippen molar-refractivity contribution in [1.82, 2.24) is 9.88 Å². The van der Waals surface area contributed by atoms with Gasteiger partial charge in [0, 0.05) is 18.1 Å². The zero-order valence-electron chi connectivity index (χ0n) is 15.8. The average molecular weight is 401 g/mol. The minimum Gasteiger partial charge on any atom is -0.497 e. The Kier molecular flexibility index (Phi) is 5.35. The Morgan fingerprint density at radius 1 is 1.03 bits per heavy atom. The maximum atomic E-state index is 13.3. The van der Waals surface area contributed by atoms with Crippen molar-refractivity contribution in [3.63, 3.8) is 0 Å². The van der Waals surface area contributed by atoms with E-state index < -0.39 is 0 Å². The molecule has 2 heterocycles. The van der Waals surface area contributed by atoms with Crippen molar-refractivity contribution in [1.29, 1.82) is 0 Å². The number of pyridine rings is 1. The second-order valence-corrected chi connectivity index (χ2v) is 6.91. The van der Waals surface area contributed by atoms with E-state index in [1.165, 1.54) is 0 Å². The Balaban J connectivity index is 1.71. The average Bonchev–Trinajstić information content (AvgIpc) is 3.00. The van der Waals surface area contributed by atoms with Gasteiger partial charge in [-0.1, -0.05) is 48.6 Å². The van der Waals surface area contributed by atoms with Gasteiger partial charge in [-0.15, -0.1) is 0 Å². The summed E-state index contributed by atoms with van der Waals surface area (Å²) in [5.74, 6) is 0.636. The Morgan fingerprint density at radius 3 is 2.45 bits per heavy atom. The van der Waals surface area contributed by atoms with Crippen LogP contribution in [0.4, 0.5) is 5.69 Å². The molecule has 1 aliphatic rings. The van der Waals surface area contributed by atoms with Crippen molar-refractivity contribution >= 4 is 34.4 Å². The first-order valence-electron chi connectivity index (χ1n) is 9.13. The topological polar surface area (TPSA) is 54.5 Å². The molecule has 0 saturated carbocycles. The quantitative estimate of drug-likeness (QED) is 0.625. The molecular weight excluding hydrogens is 382 g/mol. The van der Waals surface area contributed by atoms with E-state index in [1.807, 2.05) is 66.7 Å². The molecule has 1 aliphatic heterocycles. The van der Waals surface area contributed by atoms with E-state index in [0.29, 0.717) is 22.8 Å². The van der Waals surface area contributed by atoms with Crippen LogP contribution in [0.3, 0.4) is 0 Å². The van der Waals surface area contributed by atoms with Crippen LogP contribution in [0, 0.1) is 0 Å². The Bertz CT molecular complexity index is 1060. The van der Waals surface area contributed by atoms with Gasteiger partial charge in [-0.2, -0.15) is 0 Å². The molecule has 3 aromatic rings. The van der Waals surface area contributed by atoms with E-state index in [9.17, 15) is 4.79 Å². The number of nitrogens with one attached hydrogen (secondary N) is 1. The predicted octanol–water partition coefficient (Wildman–Crippen LogP) is 4.28. The van der Waals surface area contributed by atoms with Crippen LogP contribution >= 0.6 is 12.2 Å². The van der Waals surface area contributed by atoms with E-state index in [4.69, 9.17) is 17.0 Å². The molecule has 0 fully saturated rings. The highest BCUT2D eigenvalue weighted by Crippen LogP contribution is 2.32. The van der Waals surface area contributed by atoms with Crippen LogP contribution in [-0.4, -0.2) is 27.9 Å². The van der Waals surface area contributed by atoms with Crippen LogP contribution < -0.4 is 10.1 Å². The highest BCUT2D eigenvalue weighted by atomic mass is 32.1. The molecule has 2 aromatic carbocycles. The molecular formula is C23H19N3O2S. The summed E-state index contributed by atoms with van der Waals surface area (Å²) in [6.45, 7) is 0.371. The highest BCUT2D eigenvalue weighted by molar-refractivity contribution is 7.80. The molecule has 4 rings (SSSR count). The largest absolute Gasteiger partial charge is 0.497 e. The minimum absolute atomic E-state index is 0.124. The molecule has 0 aliphatic carbocycles. The number of anilines is 1. The molecule has 0 bridgehead atoms. The predicted molar refractivity (Wildman–Crippen MR) is 117 cm³/mol. The fraction of sp³-hybridized carbons (Fsp3) is 0.0870. The first-order valence-corrected chi connectivity index (χ1v) is 9.54. The molecule has 0 unspecified atom stereocenters. The molecule has 0 spiro atoms. The maximum Gasteiger partial charge on any atom is 0.262 e. The summed E-state index contributed by atoms with van der Waals surface area (Å²) in [4.78, 5) is 19.5. The molecule has 0 radical (unpaired) electrons. The third-order valence-electron chi connectivity index (χ3n) is 4.65. The highest BCUT2D eigenvalue weighted by Gasteiger charge is 2.36. The van der Waals surface area contributed by atoms with Gasteiger partial charge in [0.05, 0.1) is 24.9 Å². The molecule has 144 valence electrons. The molecule has 0 atom stereocenters. The minimum atomic E-state index is -0.124. The van der Waals surface area contributed by atoms with Crippen molar-refractivity contribution in [2.75, 3.05) is 12.4 Å². The fourth-order valence-corrected chi connectivity index (χ4v) is 3.50. The summed E-state index contributed by atoms with van der Waals surface area (Å²) >= 11 is 5.70. The van der Waals surface area contributed by atoms with Crippen LogP contribution in [0.15, 0.2) is 84.8 Å². The Hall–Kier alpha value is -3.51. The monoisotopic (exact) mass is 401 g/mol. The number of hydrogen-bond donors (Lipinski definition) is 1. The molecule has 6 heteroatoms. The van der Waals surface area contributed by atoms with Crippen molar-refractivity contribution in [2.24, 2.45) is 0 Å². The lowest BCUT2D eigenvalue weighted by Gasteiger charge is -2.17. The lowest BCUT2D eigenvalue weighted by molar-refractivity contribution is -0.121. The van der Waals surface area contributed by atoms with Gasteiger partial charge in [0.15, 0.2) is 0 Å². The number of thiocarbonyl (C=S) groups is 1. The summed E-state index contributed by atoms with van der Waals surface area (Å²) in [5.41, 5.74) is 3.76. The van der Waals surface area contributed by atoms with Crippen molar-refractivity contribution in [3.8, 4) is 5.75 Å². The zero-order valence-corrected chi connectivity index (χ0v) is 16.6. The number of carbonyl (C=O) groups excluding carboxylic acids is 1. The van der Waals surface area contributed by atoms with E-state index in [2.05, 4.69) is 10.3 Å². The first kappa shape index (κ1) is 18.8. The van der Waals surface area contributed by atoms with Gasteiger partial charge in [-0.3, -0.25) is 14.7 Å². The summed E-state index contributed by atoms with van der Waals surface area (Å²) in [6, 6.07) is 20.9. The number of ether oxygens (including phenoxy) is 1. The smallest absolute Gasteiger partial charge is 0.262 e. The number of carbonyl (C=O) groups is 1. The maximum absolute atomic E-state index is 13.3. The van der Waals surface area contributed by atoms with Crippen LogP contribution in [0.5, 0.6) is 5.75 Å². The lowest BCUT2D eigenvalue weighted by atomic mass is 10.0. The molecule has 1 amide bonds. The second kappa shape index (κ2) is 8.24. The van der Waals surface area contributed by atoms with Crippen LogP contribution in [0.1, 0.15) is 11.1 Å². The van der Waals surface area contributed by atoms with Crippen LogP contribution in [-0.2, 0) is 11.3 Å². The van der Waals surface area contributed by atoms with E-state index in [1.54, 1.807) is 24.4 Å². The number of methoxy groups -OCH3 is 1. The Labute approximate surface area is 174 Å². The third kappa shape index (κ3) is 3.88. The molecule has 1 aromatic heterocycles. The number of rotatable bonds is 6. The van der Waals surface area contributed by atoms with Gasteiger partial charge in [-0.25, -0.2) is 0 Å². The van der Waals surface area contributed by atoms with Gasteiger partial charge in [0.2, 0.25) is 0 Å². The summed E-state index contributed by atoms with van der Waals surface area (Å²) in [5, 5.41) is 3.34. The standard InChI is InChI=1S/C23H19N3O2S/c1-28-19-11-9-18(10-12-19)25-21-20(17-7-3-2-4-8-17)22(27)26(23(21)29)15-16-6-5-13-24-14-16/h2-14,25H,15H2,1H3. The van der Waals surface area contributed by atoms with Crippen molar-refractivity contribution < 1.29 is 9.53 Å². The van der Waals surface area contributed by atoms with Gasteiger partial charge in [-0.05, 0) is 41.5 Å². The number of amides is 1. The number of benzene rings is 2. The van der Waals surface area contributed by atoms with Crippen molar-refractivity contribution in [3.05, 3.63) is 95.9 Å². The van der Waals surface area contributed by atoms with Gasteiger partial charge in [0.1, 0.15) is 10.7 Å². The summed E-state index contributed by atoms with van der Waals surface area (Å²) < 4.78 is 5.22. The summed E-state index contributed by atoms with van der Waals surface area (Å²) in [7, 11) is 1.62. The normalized spacial score (nSPS) is 13.8. The van der Waals surface area contributed by atoms with Crippen LogP contribution in [0.2, 0.25) is 0 Å². The number of nitrogens with zero attached hydrogens (tertiary/aromatic N) is 2. The summed E-state index contributed by atoms with van der Waals surface area (Å²) in [6.07, 6.45) is 3.45. The number of hydrogen-bond acceptors (Lipinski definition) is 5. The van der Waals surface area contributed by atoms with E-state index >= 15 is 0 Å². The third-order valence-corrected chi connectivity index (χ3v) is 5.08. The molecule has 5 nitrogen and oxygen atoms in total. The van der Waals surface area contributed by atoms with Crippen molar-refractivity contribution in [2.45, 2.75) is 6.54 Å². The molecule has 1 N–H and O–H groups in total. The SMILES string of the molecule is COc1ccc(NC2=C(c3ccccc3)C(=O)N(Cc3cccnc3)C2=S)cc1. The fourth-order valence-electron chi connectivity index (χ4n) is 3.20. The molecule has 0 saturated heterocycles.